The Labute approximate surface area is 116 Å². The second-order valence-electron chi connectivity index (χ2n) is 5.58. The van der Waals surface area contributed by atoms with E-state index in [1.807, 2.05) is 0 Å². The van der Waals surface area contributed by atoms with Crippen molar-refractivity contribution in [1.29, 1.82) is 0 Å². The molecular weight excluding hydrogens is 236 g/mol. The Morgan fingerprint density at radius 1 is 1.21 bits per heavy atom. The number of ether oxygens (including phenoxy) is 1. The summed E-state index contributed by atoms with van der Waals surface area (Å²) in [5.41, 5.74) is 4.97. The molecule has 1 aromatic rings. The largest absolute Gasteiger partial charge is 0.383 e. The first-order valence-electron chi connectivity index (χ1n) is 7.30. The molecule has 0 aliphatic carbocycles. The van der Waals surface area contributed by atoms with Crippen molar-refractivity contribution in [3.8, 4) is 0 Å². The van der Waals surface area contributed by atoms with Gasteiger partial charge in [0.25, 0.3) is 0 Å². The predicted molar refractivity (Wildman–Crippen MR) is 78.8 cm³/mol. The molecule has 1 heterocycles. The molecule has 106 valence electrons. The minimum atomic E-state index is 0.231. The average molecular weight is 262 g/mol. The monoisotopic (exact) mass is 262 g/mol. The molecule has 1 aromatic carbocycles. The van der Waals surface area contributed by atoms with E-state index in [0.29, 0.717) is 18.7 Å². The van der Waals surface area contributed by atoms with E-state index in [2.05, 4.69) is 54.6 Å². The van der Waals surface area contributed by atoms with Gasteiger partial charge in [0.2, 0.25) is 0 Å². The quantitative estimate of drug-likeness (QED) is 0.882. The molecule has 3 unspecified atom stereocenters. The highest BCUT2D eigenvalue weighted by Crippen LogP contribution is 2.23. The van der Waals surface area contributed by atoms with E-state index < -0.39 is 0 Å². The van der Waals surface area contributed by atoms with Crippen LogP contribution < -0.4 is 5.43 Å². The Bertz CT molecular complexity index is 358. The van der Waals surface area contributed by atoms with E-state index in [9.17, 15) is 0 Å². The molecule has 0 aromatic heterocycles. The van der Waals surface area contributed by atoms with Crippen LogP contribution in [0.2, 0.25) is 0 Å². The highest BCUT2D eigenvalue weighted by Gasteiger charge is 2.27. The number of nitrogens with zero attached hydrogens (tertiary/aromatic N) is 1. The van der Waals surface area contributed by atoms with Crippen LogP contribution in [0, 0.1) is 0 Å². The van der Waals surface area contributed by atoms with Gasteiger partial charge in [0.05, 0.1) is 12.6 Å². The third-order valence-corrected chi connectivity index (χ3v) is 4.03. The number of rotatable bonds is 5. The zero-order chi connectivity index (χ0) is 13.7. The normalized spacial score (nSPS) is 26.3. The van der Waals surface area contributed by atoms with E-state index >= 15 is 0 Å². The van der Waals surface area contributed by atoms with Gasteiger partial charge in [-0.3, -0.25) is 0 Å². The Morgan fingerprint density at radius 3 is 2.42 bits per heavy atom. The van der Waals surface area contributed by atoms with Gasteiger partial charge in [-0.1, -0.05) is 36.8 Å². The molecule has 1 saturated heterocycles. The van der Waals surface area contributed by atoms with Gasteiger partial charge < -0.3 is 4.74 Å². The molecule has 0 radical (unpaired) electrons. The number of nitrogens with one attached hydrogen (secondary N) is 1. The standard InChI is InChI=1S/C16H26N2O/c1-13-8-7-9-14(2)18(13)17-16(12-19-3)15-10-5-4-6-11-15/h4-6,10-11,13-14,16-17H,7-9,12H2,1-3H3. The first-order valence-corrected chi connectivity index (χ1v) is 7.30. The molecule has 0 amide bonds. The maximum absolute atomic E-state index is 5.38. The Morgan fingerprint density at radius 2 is 1.84 bits per heavy atom. The average Bonchev–Trinajstić information content (AvgIpc) is 2.43. The summed E-state index contributed by atoms with van der Waals surface area (Å²) in [6.45, 7) is 5.30. The Hall–Kier alpha value is -0.900. The SMILES string of the molecule is COCC(NN1C(C)CCCC1C)c1ccccc1. The van der Waals surface area contributed by atoms with Gasteiger partial charge in [-0.2, -0.15) is 0 Å². The molecule has 1 aliphatic rings. The molecule has 2 rings (SSSR count). The minimum Gasteiger partial charge on any atom is -0.383 e. The van der Waals surface area contributed by atoms with Gasteiger partial charge >= 0.3 is 0 Å². The topological polar surface area (TPSA) is 24.5 Å². The number of methoxy groups -OCH3 is 1. The number of hydrogen-bond donors (Lipinski definition) is 1. The summed E-state index contributed by atoms with van der Waals surface area (Å²) in [5, 5.41) is 2.42. The maximum Gasteiger partial charge on any atom is 0.0698 e. The van der Waals surface area contributed by atoms with Crippen molar-refractivity contribution < 1.29 is 4.74 Å². The molecule has 1 fully saturated rings. The molecule has 1 aliphatic heterocycles. The van der Waals surface area contributed by atoms with E-state index in [1.54, 1.807) is 7.11 Å². The van der Waals surface area contributed by atoms with Gasteiger partial charge in [-0.05, 0) is 32.3 Å². The molecule has 3 nitrogen and oxygen atoms in total. The first-order chi connectivity index (χ1) is 9.22. The summed E-state index contributed by atoms with van der Waals surface area (Å²) < 4.78 is 5.38. The van der Waals surface area contributed by atoms with Crippen molar-refractivity contribution >= 4 is 0 Å². The van der Waals surface area contributed by atoms with Crippen LogP contribution >= 0.6 is 0 Å². The van der Waals surface area contributed by atoms with Crippen LogP contribution in [0.25, 0.3) is 0 Å². The molecule has 19 heavy (non-hydrogen) atoms. The van der Waals surface area contributed by atoms with Crippen LogP contribution in [0.3, 0.4) is 0 Å². The Balaban J connectivity index is 2.07. The lowest BCUT2D eigenvalue weighted by Gasteiger charge is -2.41. The third kappa shape index (κ3) is 3.78. The van der Waals surface area contributed by atoms with Crippen molar-refractivity contribution in [3.63, 3.8) is 0 Å². The summed E-state index contributed by atoms with van der Waals surface area (Å²) in [6.07, 6.45) is 3.87. The van der Waals surface area contributed by atoms with E-state index in [-0.39, 0.29) is 6.04 Å². The lowest BCUT2D eigenvalue weighted by atomic mass is 9.99. The number of piperidine rings is 1. The van der Waals surface area contributed by atoms with Crippen molar-refractivity contribution in [2.75, 3.05) is 13.7 Å². The summed E-state index contributed by atoms with van der Waals surface area (Å²) in [6, 6.07) is 12.0. The fraction of sp³-hybridized carbons (Fsp3) is 0.625. The predicted octanol–water partition coefficient (Wildman–Crippen LogP) is 3.14. The smallest absolute Gasteiger partial charge is 0.0698 e. The zero-order valence-corrected chi connectivity index (χ0v) is 12.3. The maximum atomic E-state index is 5.38. The molecule has 0 saturated carbocycles. The summed E-state index contributed by atoms with van der Waals surface area (Å²) in [5.74, 6) is 0. The van der Waals surface area contributed by atoms with Crippen LogP contribution in [0.1, 0.15) is 44.7 Å². The van der Waals surface area contributed by atoms with E-state index in [1.165, 1.54) is 24.8 Å². The van der Waals surface area contributed by atoms with Crippen LogP contribution in [-0.2, 0) is 4.74 Å². The summed E-state index contributed by atoms with van der Waals surface area (Å²) in [4.78, 5) is 0. The molecule has 0 bridgehead atoms. The van der Waals surface area contributed by atoms with Crippen LogP contribution in [-0.4, -0.2) is 30.8 Å². The van der Waals surface area contributed by atoms with Gasteiger partial charge in [-0.15, -0.1) is 0 Å². The number of hydrazine groups is 1. The van der Waals surface area contributed by atoms with Crippen LogP contribution in [0.5, 0.6) is 0 Å². The Kier molecular flexibility index (Phi) is 5.37. The van der Waals surface area contributed by atoms with E-state index in [4.69, 9.17) is 4.74 Å². The molecule has 1 N–H and O–H groups in total. The minimum absolute atomic E-state index is 0.231. The molecular formula is C16H26N2O. The van der Waals surface area contributed by atoms with Crippen molar-refractivity contribution in [3.05, 3.63) is 35.9 Å². The van der Waals surface area contributed by atoms with Crippen molar-refractivity contribution in [2.24, 2.45) is 0 Å². The lowest BCUT2D eigenvalue weighted by molar-refractivity contribution is 0.0122. The highest BCUT2D eigenvalue weighted by molar-refractivity contribution is 5.18. The first kappa shape index (κ1) is 14.5. The highest BCUT2D eigenvalue weighted by atomic mass is 16.5. The van der Waals surface area contributed by atoms with Crippen LogP contribution in [0.4, 0.5) is 0 Å². The van der Waals surface area contributed by atoms with Crippen LogP contribution in [0.15, 0.2) is 30.3 Å². The van der Waals surface area contributed by atoms with Crippen molar-refractivity contribution in [1.82, 2.24) is 10.4 Å². The third-order valence-electron chi connectivity index (χ3n) is 4.03. The van der Waals surface area contributed by atoms with Gasteiger partial charge in [0.1, 0.15) is 0 Å². The van der Waals surface area contributed by atoms with Gasteiger partial charge in [-0.25, -0.2) is 10.4 Å². The van der Waals surface area contributed by atoms with Crippen molar-refractivity contribution in [2.45, 2.75) is 51.2 Å². The number of hydrogen-bond acceptors (Lipinski definition) is 3. The van der Waals surface area contributed by atoms with Gasteiger partial charge in [0.15, 0.2) is 0 Å². The second kappa shape index (κ2) is 7.04. The molecule has 3 atom stereocenters. The zero-order valence-electron chi connectivity index (χ0n) is 12.3. The summed E-state index contributed by atoms with van der Waals surface area (Å²) in [7, 11) is 1.76. The van der Waals surface area contributed by atoms with E-state index in [0.717, 1.165) is 0 Å². The summed E-state index contributed by atoms with van der Waals surface area (Å²) >= 11 is 0. The fourth-order valence-electron chi connectivity index (χ4n) is 2.92. The molecule has 3 heteroatoms. The number of benzene rings is 1. The lowest BCUT2D eigenvalue weighted by Crippen LogP contribution is -2.53. The second-order valence-corrected chi connectivity index (χ2v) is 5.58. The molecule has 0 spiro atoms. The van der Waals surface area contributed by atoms with Gasteiger partial charge in [0, 0.05) is 19.2 Å². The fourth-order valence-corrected chi connectivity index (χ4v) is 2.92.